The molecule has 0 aliphatic carbocycles. The number of hydrogen-bond acceptors (Lipinski definition) is 3. The van der Waals surface area contributed by atoms with Crippen molar-refractivity contribution in [3.8, 4) is 0 Å². The first-order chi connectivity index (χ1) is 13.5. The molecule has 3 aromatic rings. The zero-order valence-corrected chi connectivity index (χ0v) is 16.5. The van der Waals surface area contributed by atoms with Crippen molar-refractivity contribution in [1.82, 2.24) is 0 Å². The fourth-order valence-corrected chi connectivity index (χ4v) is 4.33. The lowest BCUT2D eigenvalue weighted by molar-refractivity contribution is -0.115. The van der Waals surface area contributed by atoms with Crippen LogP contribution in [0.5, 0.6) is 0 Å². The van der Waals surface area contributed by atoms with E-state index in [0.717, 1.165) is 26.7 Å². The SMILES string of the molecule is Cc1ccc(CC(=O)Nc2ccc3c(c2)Sc2ccccc2C(=O)N3C)cc1. The lowest BCUT2D eigenvalue weighted by Gasteiger charge is -2.18. The molecule has 1 aliphatic heterocycles. The van der Waals surface area contributed by atoms with Crippen molar-refractivity contribution in [2.45, 2.75) is 23.1 Å². The van der Waals surface area contributed by atoms with E-state index in [1.165, 1.54) is 5.56 Å². The van der Waals surface area contributed by atoms with Crippen LogP contribution in [0.4, 0.5) is 11.4 Å². The summed E-state index contributed by atoms with van der Waals surface area (Å²) in [5, 5.41) is 2.97. The minimum Gasteiger partial charge on any atom is -0.326 e. The van der Waals surface area contributed by atoms with Crippen LogP contribution in [0, 0.1) is 6.92 Å². The van der Waals surface area contributed by atoms with Gasteiger partial charge in [0.1, 0.15) is 0 Å². The molecule has 0 bridgehead atoms. The van der Waals surface area contributed by atoms with Crippen molar-refractivity contribution in [2.24, 2.45) is 0 Å². The smallest absolute Gasteiger partial charge is 0.259 e. The fourth-order valence-electron chi connectivity index (χ4n) is 3.19. The fraction of sp³-hybridized carbons (Fsp3) is 0.130. The third-order valence-electron chi connectivity index (χ3n) is 4.73. The zero-order valence-electron chi connectivity index (χ0n) is 15.7. The first-order valence-electron chi connectivity index (χ1n) is 9.05. The van der Waals surface area contributed by atoms with Gasteiger partial charge in [0.2, 0.25) is 5.91 Å². The van der Waals surface area contributed by atoms with Crippen molar-refractivity contribution < 1.29 is 9.59 Å². The topological polar surface area (TPSA) is 49.4 Å². The standard InChI is InChI=1S/C23H20N2O2S/c1-15-7-9-16(10-8-15)13-22(26)24-17-11-12-19-21(14-17)28-20-6-4-3-5-18(20)23(27)25(19)2/h3-12,14H,13H2,1-2H3,(H,24,26). The van der Waals surface area contributed by atoms with Crippen molar-refractivity contribution in [1.29, 1.82) is 0 Å². The number of benzene rings is 3. The maximum absolute atomic E-state index is 12.7. The molecule has 0 spiro atoms. The summed E-state index contributed by atoms with van der Waals surface area (Å²) in [4.78, 5) is 28.7. The molecule has 1 N–H and O–H groups in total. The first-order valence-corrected chi connectivity index (χ1v) is 9.87. The third-order valence-corrected chi connectivity index (χ3v) is 5.86. The summed E-state index contributed by atoms with van der Waals surface area (Å²) in [5.41, 5.74) is 4.40. The van der Waals surface area contributed by atoms with Gasteiger partial charge in [-0.05, 0) is 42.8 Å². The van der Waals surface area contributed by atoms with E-state index in [2.05, 4.69) is 5.32 Å². The van der Waals surface area contributed by atoms with Gasteiger partial charge in [-0.15, -0.1) is 0 Å². The second-order valence-corrected chi connectivity index (χ2v) is 7.94. The van der Waals surface area contributed by atoms with E-state index in [-0.39, 0.29) is 11.8 Å². The summed E-state index contributed by atoms with van der Waals surface area (Å²) in [6.07, 6.45) is 0.325. The Balaban J connectivity index is 1.57. The van der Waals surface area contributed by atoms with Crippen LogP contribution in [0.25, 0.3) is 0 Å². The Labute approximate surface area is 168 Å². The number of nitrogens with one attached hydrogen (secondary N) is 1. The predicted molar refractivity (Wildman–Crippen MR) is 113 cm³/mol. The summed E-state index contributed by atoms with van der Waals surface area (Å²) < 4.78 is 0. The van der Waals surface area contributed by atoms with Gasteiger partial charge in [-0.2, -0.15) is 0 Å². The Kier molecular flexibility index (Phi) is 4.92. The van der Waals surface area contributed by atoms with Crippen molar-refractivity contribution in [3.63, 3.8) is 0 Å². The van der Waals surface area contributed by atoms with Crippen molar-refractivity contribution >= 4 is 35.0 Å². The highest BCUT2D eigenvalue weighted by atomic mass is 32.2. The number of fused-ring (bicyclic) bond motifs is 2. The molecule has 3 aromatic carbocycles. The highest BCUT2D eigenvalue weighted by Gasteiger charge is 2.24. The lowest BCUT2D eigenvalue weighted by Crippen LogP contribution is -2.26. The van der Waals surface area contributed by atoms with Crippen molar-refractivity contribution in [2.75, 3.05) is 17.3 Å². The minimum absolute atomic E-state index is 0.0296. The van der Waals surface area contributed by atoms with Crippen LogP contribution in [-0.2, 0) is 11.2 Å². The van der Waals surface area contributed by atoms with Crippen LogP contribution in [-0.4, -0.2) is 18.9 Å². The highest BCUT2D eigenvalue weighted by molar-refractivity contribution is 7.99. The van der Waals surface area contributed by atoms with E-state index >= 15 is 0 Å². The van der Waals surface area contributed by atoms with Crippen LogP contribution < -0.4 is 10.2 Å². The quantitative estimate of drug-likeness (QED) is 0.693. The molecular formula is C23H20N2O2S. The second kappa shape index (κ2) is 7.52. The van der Waals surface area contributed by atoms with Gasteiger partial charge >= 0.3 is 0 Å². The number of aryl methyl sites for hydroxylation is 1. The molecule has 4 nitrogen and oxygen atoms in total. The van der Waals surface area contributed by atoms with Gasteiger partial charge in [-0.1, -0.05) is 53.7 Å². The van der Waals surface area contributed by atoms with E-state index in [1.54, 1.807) is 23.7 Å². The number of carbonyl (C=O) groups is 2. The van der Waals surface area contributed by atoms with Gasteiger partial charge in [-0.3, -0.25) is 9.59 Å². The maximum atomic E-state index is 12.7. The zero-order chi connectivity index (χ0) is 19.7. The Morgan fingerprint density at radius 1 is 1.00 bits per heavy atom. The molecule has 0 radical (unpaired) electrons. The third kappa shape index (κ3) is 3.66. The lowest BCUT2D eigenvalue weighted by atomic mass is 10.1. The predicted octanol–water partition coefficient (Wildman–Crippen LogP) is 4.92. The van der Waals surface area contributed by atoms with Crippen LogP contribution in [0.3, 0.4) is 0 Å². The summed E-state index contributed by atoms with van der Waals surface area (Å²) in [6.45, 7) is 2.02. The Bertz CT molecular complexity index is 1060. The molecule has 4 rings (SSSR count). The van der Waals surface area contributed by atoms with Gasteiger partial charge in [0.05, 0.1) is 17.7 Å². The average molecular weight is 388 g/mol. The highest BCUT2D eigenvalue weighted by Crippen LogP contribution is 2.41. The van der Waals surface area contributed by atoms with Gasteiger partial charge in [0, 0.05) is 22.5 Å². The number of hydrogen-bond donors (Lipinski definition) is 1. The van der Waals surface area contributed by atoms with E-state index in [0.29, 0.717) is 12.0 Å². The molecule has 0 unspecified atom stereocenters. The van der Waals surface area contributed by atoms with Crippen LogP contribution in [0.15, 0.2) is 76.5 Å². The van der Waals surface area contributed by atoms with Gasteiger partial charge < -0.3 is 10.2 Å². The average Bonchev–Trinajstić information content (AvgIpc) is 2.79. The summed E-state index contributed by atoms with van der Waals surface area (Å²) >= 11 is 1.54. The summed E-state index contributed by atoms with van der Waals surface area (Å²) in [5.74, 6) is -0.0923. The molecule has 0 aromatic heterocycles. The summed E-state index contributed by atoms with van der Waals surface area (Å²) in [6, 6.07) is 21.2. The largest absolute Gasteiger partial charge is 0.326 e. The van der Waals surface area contributed by atoms with Gasteiger partial charge in [0.25, 0.3) is 5.91 Å². The minimum atomic E-state index is -0.0627. The first kappa shape index (κ1) is 18.3. The number of carbonyl (C=O) groups excluding carboxylic acids is 2. The van der Waals surface area contributed by atoms with Crippen molar-refractivity contribution in [3.05, 3.63) is 83.4 Å². The summed E-state index contributed by atoms with van der Waals surface area (Å²) in [7, 11) is 1.78. The molecule has 140 valence electrons. The monoisotopic (exact) mass is 388 g/mol. The second-order valence-electron chi connectivity index (χ2n) is 6.86. The normalized spacial score (nSPS) is 12.8. The number of amides is 2. The molecular weight excluding hydrogens is 368 g/mol. The van der Waals surface area contributed by atoms with E-state index < -0.39 is 0 Å². The van der Waals surface area contributed by atoms with E-state index in [4.69, 9.17) is 0 Å². The number of rotatable bonds is 3. The maximum Gasteiger partial charge on any atom is 0.259 e. The Morgan fingerprint density at radius 3 is 2.54 bits per heavy atom. The molecule has 2 amide bonds. The van der Waals surface area contributed by atoms with E-state index in [9.17, 15) is 9.59 Å². The molecule has 0 saturated heterocycles. The number of anilines is 2. The molecule has 28 heavy (non-hydrogen) atoms. The molecule has 1 aliphatic rings. The molecule has 5 heteroatoms. The Morgan fingerprint density at radius 2 is 1.75 bits per heavy atom. The molecule has 0 fully saturated rings. The molecule has 0 atom stereocenters. The molecule has 0 saturated carbocycles. The van der Waals surface area contributed by atoms with Gasteiger partial charge in [0.15, 0.2) is 0 Å². The Hall–Kier alpha value is -3.05. The molecule has 1 heterocycles. The van der Waals surface area contributed by atoms with Crippen LogP contribution in [0.2, 0.25) is 0 Å². The number of nitrogens with zero attached hydrogens (tertiary/aromatic N) is 1. The van der Waals surface area contributed by atoms with Gasteiger partial charge in [-0.25, -0.2) is 0 Å². The van der Waals surface area contributed by atoms with E-state index in [1.807, 2.05) is 73.7 Å². The van der Waals surface area contributed by atoms with Crippen LogP contribution >= 0.6 is 11.8 Å². The van der Waals surface area contributed by atoms with Crippen LogP contribution in [0.1, 0.15) is 21.5 Å².